The van der Waals surface area contributed by atoms with Crippen LogP contribution in [0, 0.1) is 5.41 Å². The van der Waals surface area contributed by atoms with E-state index in [-0.39, 0.29) is 17.9 Å². The zero-order valence-corrected chi connectivity index (χ0v) is 10.4. The molecular weight excluding hydrogens is 224 g/mol. The summed E-state index contributed by atoms with van der Waals surface area (Å²) in [6.45, 7) is 5.49. The van der Waals surface area contributed by atoms with Crippen molar-refractivity contribution in [2.45, 2.75) is 20.3 Å². The molecule has 0 spiro atoms. The van der Waals surface area contributed by atoms with Gasteiger partial charge in [0.05, 0.1) is 6.61 Å². The van der Waals surface area contributed by atoms with Gasteiger partial charge in [0, 0.05) is 12.0 Å². The van der Waals surface area contributed by atoms with Crippen molar-refractivity contribution in [3.63, 3.8) is 0 Å². The van der Waals surface area contributed by atoms with Gasteiger partial charge in [-0.05, 0) is 13.0 Å². The van der Waals surface area contributed by atoms with E-state index >= 15 is 0 Å². The van der Waals surface area contributed by atoms with E-state index in [0.29, 0.717) is 19.7 Å². The number of carbonyl (C=O) groups excluding carboxylic acids is 1. The summed E-state index contributed by atoms with van der Waals surface area (Å²) in [6.07, 6.45) is 0.735. The fraction of sp³-hybridized carbons (Fsp3) is 0.800. The molecule has 0 aliphatic rings. The maximum absolute atomic E-state index is 10.4. The van der Waals surface area contributed by atoms with Crippen LogP contribution in [0.4, 0.5) is 0 Å². The molecule has 0 saturated carbocycles. The molecule has 0 radical (unpaired) electrons. The number of nitrogens with one attached hydrogen (secondary N) is 1. The number of ether oxygens (including phenoxy) is 1. The van der Waals surface area contributed by atoms with E-state index in [4.69, 9.17) is 21.4 Å². The number of oxime groups is 1. The minimum atomic E-state index is -0.474. The molecule has 17 heavy (non-hydrogen) atoms. The second-order valence-electron chi connectivity index (χ2n) is 4.39. The average Bonchev–Trinajstić information content (AvgIpc) is 2.26. The minimum Gasteiger partial charge on any atom is -0.409 e. The molecular formula is C10H22N4O3. The Hall–Kier alpha value is -1.34. The molecule has 0 unspecified atom stereocenters. The highest BCUT2D eigenvalue weighted by atomic mass is 16.5. The number of nitrogens with zero attached hydrogens (tertiary/aromatic N) is 1. The number of hydrogen-bond donors (Lipinski definition) is 4. The van der Waals surface area contributed by atoms with Crippen LogP contribution in [0.5, 0.6) is 0 Å². The van der Waals surface area contributed by atoms with Gasteiger partial charge in [0.25, 0.3) is 0 Å². The van der Waals surface area contributed by atoms with Crippen molar-refractivity contribution in [3.8, 4) is 0 Å². The minimum absolute atomic E-state index is 0.0582. The van der Waals surface area contributed by atoms with Crippen molar-refractivity contribution in [3.05, 3.63) is 0 Å². The van der Waals surface area contributed by atoms with Crippen LogP contribution in [-0.2, 0) is 9.53 Å². The zero-order valence-electron chi connectivity index (χ0n) is 10.4. The van der Waals surface area contributed by atoms with Gasteiger partial charge in [0.2, 0.25) is 5.91 Å². The van der Waals surface area contributed by atoms with Gasteiger partial charge in [0.15, 0.2) is 0 Å². The maximum atomic E-state index is 10.4. The Morgan fingerprint density at radius 3 is 2.59 bits per heavy atom. The number of primary amides is 1. The number of hydrogen-bond acceptors (Lipinski definition) is 5. The molecule has 0 aromatic carbocycles. The second-order valence-corrected chi connectivity index (χ2v) is 4.39. The van der Waals surface area contributed by atoms with Gasteiger partial charge in [-0.1, -0.05) is 19.0 Å². The number of rotatable bonds is 9. The van der Waals surface area contributed by atoms with Gasteiger partial charge in [-0.15, -0.1) is 0 Å². The Morgan fingerprint density at radius 2 is 2.06 bits per heavy atom. The smallest absolute Gasteiger partial charge is 0.243 e. The molecule has 0 aromatic heterocycles. The third-order valence-electron chi connectivity index (χ3n) is 2.40. The Labute approximate surface area is 101 Å². The van der Waals surface area contributed by atoms with Gasteiger partial charge >= 0.3 is 0 Å². The van der Waals surface area contributed by atoms with Gasteiger partial charge in [-0.3, -0.25) is 4.79 Å². The molecule has 0 atom stereocenters. The standard InChI is InChI=1S/C10H22N4O3/c1-10(2,9(12)14-16)3-4-13-5-6-17-7-8(11)15/h13,16H,3-7H2,1-2H3,(H2,11,15)(H2,12,14). The van der Waals surface area contributed by atoms with Gasteiger partial charge < -0.3 is 26.7 Å². The second kappa shape index (κ2) is 7.86. The van der Waals surface area contributed by atoms with E-state index in [9.17, 15) is 4.79 Å². The summed E-state index contributed by atoms with van der Waals surface area (Å²) in [7, 11) is 0. The monoisotopic (exact) mass is 246 g/mol. The van der Waals surface area contributed by atoms with Gasteiger partial charge in [0.1, 0.15) is 12.4 Å². The first-order valence-corrected chi connectivity index (χ1v) is 5.45. The van der Waals surface area contributed by atoms with E-state index < -0.39 is 5.91 Å². The van der Waals surface area contributed by atoms with Crippen LogP contribution in [0.1, 0.15) is 20.3 Å². The van der Waals surface area contributed by atoms with E-state index in [0.717, 1.165) is 6.42 Å². The normalized spacial score (nSPS) is 12.7. The molecule has 0 heterocycles. The molecule has 0 aliphatic carbocycles. The van der Waals surface area contributed by atoms with Gasteiger partial charge in [-0.2, -0.15) is 0 Å². The molecule has 7 heteroatoms. The predicted molar refractivity (Wildman–Crippen MR) is 64.7 cm³/mol. The van der Waals surface area contributed by atoms with Crippen LogP contribution in [-0.4, -0.2) is 43.3 Å². The van der Waals surface area contributed by atoms with Crippen LogP contribution in [0.3, 0.4) is 0 Å². The van der Waals surface area contributed by atoms with Crippen LogP contribution < -0.4 is 16.8 Å². The summed E-state index contributed by atoms with van der Waals surface area (Å²) in [5, 5.41) is 14.7. The van der Waals surface area contributed by atoms with Crippen LogP contribution in [0.15, 0.2) is 5.16 Å². The summed E-state index contributed by atoms with van der Waals surface area (Å²) in [5.41, 5.74) is 10.1. The van der Waals surface area contributed by atoms with Crippen molar-refractivity contribution in [2.24, 2.45) is 22.0 Å². The molecule has 0 fully saturated rings. The molecule has 7 nitrogen and oxygen atoms in total. The highest BCUT2D eigenvalue weighted by Gasteiger charge is 2.22. The van der Waals surface area contributed by atoms with E-state index in [1.54, 1.807) is 0 Å². The molecule has 0 rings (SSSR count). The lowest BCUT2D eigenvalue weighted by molar-refractivity contribution is -0.122. The number of nitrogens with two attached hydrogens (primary N) is 2. The molecule has 100 valence electrons. The van der Waals surface area contributed by atoms with Crippen LogP contribution in [0.25, 0.3) is 0 Å². The lowest BCUT2D eigenvalue weighted by atomic mass is 9.88. The molecule has 0 bridgehead atoms. The predicted octanol–water partition coefficient (Wildman–Crippen LogP) is -0.759. The molecule has 6 N–H and O–H groups in total. The van der Waals surface area contributed by atoms with Crippen molar-refractivity contribution in [1.29, 1.82) is 0 Å². The number of amides is 1. The topological polar surface area (TPSA) is 123 Å². The lowest BCUT2D eigenvalue weighted by Gasteiger charge is -2.22. The van der Waals surface area contributed by atoms with Crippen LogP contribution >= 0.6 is 0 Å². The van der Waals surface area contributed by atoms with E-state index in [2.05, 4.69) is 10.5 Å². The molecule has 1 amide bonds. The summed E-state index contributed by atoms with van der Waals surface area (Å²) in [6, 6.07) is 0. The average molecular weight is 246 g/mol. The fourth-order valence-corrected chi connectivity index (χ4v) is 1.11. The summed E-state index contributed by atoms with van der Waals surface area (Å²) >= 11 is 0. The summed E-state index contributed by atoms with van der Waals surface area (Å²) in [4.78, 5) is 10.4. The first-order chi connectivity index (χ1) is 7.90. The Balaban J connectivity index is 3.55. The molecule has 0 saturated heterocycles. The highest BCUT2D eigenvalue weighted by molar-refractivity contribution is 5.85. The number of amidine groups is 1. The summed E-state index contributed by atoms with van der Waals surface area (Å²) in [5.74, 6) is -0.262. The third-order valence-corrected chi connectivity index (χ3v) is 2.40. The van der Waals surface area contributed by atoms with Gasteiger partial charge in [-0.25, -0.2) is 0 Å². The van der Waals surface area contributed by atoms with E-state index in [1.807, 2.05) is 13.8 Å². The maximum Gasteiger partial charge on any atom is 0.243 e. The Bertz CT molecular complexity index is 266. The van der Waals surface area contributed by atoms with Crippen molar-refractivity contribution < 1.29 is 14.7 Å². The Kier molecular flexibility index (Phi) is 7.24. The zero-order chi connectivity index (χ0) is 13.3. The Morgan fingerprint density at radius 1 is 1.41 bits per heavy atom. The van der Waals surface area contributed by atoms with Crippen molar-refractivity contribution >= 4 is 11.7 Å². The largest absolute Gasteiger partial charge is 0.409 e. The SMILES string of the molecule is CC(C)(CCNCCOCC(N)=O)C(N)=NO. The lowest BCUT2D eigenvalue weighted by Crippen LogP contribution is -2.35. The first kappa shape index (κ1) is 15.7. The molecule has 0 aromatic rings. The van der Waals surface area contributed by atoms with Crippen molar-refractivity contribution in [1.82, 2.24) is 5.32 Å². The highest BCUT2D eigenvalue weighted by Crippen LogP contribution is 2.19. The fourth-order valence-electron chi connectivity index (χ4n) is 1.11. The number of carbonyl (C=O) groups is 1. The third kappa shape index (κ3) is 7.53. The quantitative estimate of drug-likeness (QED) is 0.140. The van der Waals surface area contributed by atoms with Crippen molar-refractivity contribution in [2.75, 3.05) is 26.3 Å². The van der Waals surface area contributed by atoms with E-state index in [1.165, 1.54) is 0 Å². The van der Waals surface area contributed by atoms with Crippen LogP contribution in [0.2, 0.25) is 0 Å². The summed E-state index contributed by atoms with van der Waals surface area (Å²) < 4.78 is 4.97. The molecule has 0 aliphatic heterocycles. The first-order valence-electron chi connectivity index (χ1n) is 5.45.